The number of amides is 2. The molecule has 0 saturated carbocycles. The molecule has 10 heteroatoms. The van der Waals surface area contributed by atoms with E-state index in [0.29, 0.717) is 17.8 Å². The van der Waals surface area contributed by atoms with Crippen LogP contribution in [0.1, 0.15) is 10.4 Å². The third-order valence-corrected chi connectivity index (χ3v) is 4.63. The predicted molar refractivity (Wildman–Crippen MR) is 81.6 cm³/mol. The molecule has 0 saturated heterocycles. The smallest absolute Gasteiger partial charge is 0.265 e. The van der Waals surface area contributed by atoms with Crippen LogP contribution in [-0.2, 0) is 14.8 Å². The molecule has 0 radical (unpaired) electrons. The molecule has 0 unspecified atom stereocenters. The van der Waals surface area contributed by atoms with Crippen LogP contribution in [0.5, 0.6) is 5.75 Å². The Morgan fingerprint density at radius 3 is 2.60 bits per heavy atom. The van der Waals surface area contributed by atoms with Crippen molar-refractivity contribution < 1.29 is 31.5 Å². The van der Waals surface area contributed by atoms with Crippen molar-refractivity contribution in [2.45, 2.75) is 4.90 Å². The third kappa shape index (κ3) is 3.43. The second-order valence-corrected chi connectivity index (χ2v) is 6.74. The van der Waals surface area contributed by atoms with Gasteiger partial charge in [0.15, 0.2) is 18.2 Å². The van der Waals surface area contributed by atoms with Gasteiger partial charge in [-0.15, -0.1) is 0 Å². The molecule has 1 aliphatic rings. The molecule has 3 rings (SSSR count). The van der Waals surface area contributed by atoms with E-state index in [2.05, 4.69) is 5.32 Å². The fraction of sp³-hybridized carbons (Fsp3) is 0.0667. The van der Waals surface area contributed by atoms with Crippen molar-refractivity contribution in [1.82, 2.24) is 4.72 Å². The van der Waals surface area contributed by atoms with Crippen LogP contribution >= 0.6 is 0 Å². The Labute approximate surface area is 140 Å². The first-order valence-corrected chi connectivity index (χ1v) is 8.33. The van der Waals surface area contributed by atoms with Gasteiger partial charge in [0.05, 0.1) is 10.6 Å². The van der Waals surface area contributed by atoms with Crippen molar-refractivity contribution in [1.29, 1.82) is 0 Å². The Hall–Kier alpha value is -3.01. The molecule has 130 valence electrons. The zero-order valence-electron chi connectivity index (χ0n) is 12.4. The molecular formula is C15H10F2N2O5S. The van der Waals surface area contributed by atoms with Gasteiger partial charge in [0.2, 0.25) is 0 Å². The number of halogens is 2. The summed E-state index contributed by atoms with van der Waals surface area (Å²) in [6, 6.07) is 5.86. The summed E-state index contributed by atoms with van der Waals surface area (Å²) in [4.78, 5) is 22.7. The maximum atomic E-state index is 13.2. The maximum Gasteiger partial charge on any atom is 0.265 e. The summed E-state index contributed by atoms with van der Waals surface area (Å²) in [5, 5.41) is 2.52. The van der Waals surface area contributed by atoms with E-state index in [1.807, 2.05) is 0 Å². The van der Waals surface area contributed by atoms with Crippen LogP contribution in [0.4, 0.5) is 14.5 Å². The van der Waals surface area contributed by atoms with Crippen LogP contribution in [0.25, 0.3) is 0 Å². The molecule has 2 aromatic rings. The van der Waals surface area contributed by atoms with Gasteiger partial charge in [-0.1, -0.05) is 0 Å². The van der Waals surface area contributed by atoms with Crippen LogP contribution in [0.2, 0.25) is 0 Å². The molecule has 0 aromatic heterocycles. The first kappa shape index (κ1) is 16.8. The summed E-state index contributed by atoms with van der Waals surface area (Å²) in [7, 11) is -4.39. The fourth-order valence-corrected chi connectivity index (χ4v) is 3.09. The van der Waals surface area contributed by atoms with Crippen molar-refractivity contribution in [2.24, 2.45) is 0 Å². The number of rotatable bonds is 3. The molecule has 0 fully saturated rings. The van der Waals surface area contributed by atoms with Gasteiger partial charge in [0.25, 0.3) is 21.8 Å². The Bertz CT molecular complexity index is 991. The Morgan fingerprint density at radius 2 is 1.88 bits per heavy atom. The number of carbonyl (C=O) groups excluding carboxylic acids is 2. The minimum atomic E-state index is -4.39. The standard InChI is InChI=1S/C15H10F2N2O5S/c16-10-3-2-9(6-11(10)17)25(22,23)19-15(21)8-1-4-12-13(5-8)24-7-14(20)18-12/h1-6H,7H2,(H,18,20)(H,19,21). The highest BCUT2D eigenvalue weighted by Crippen LogP contribution is 2.28. The molecule has 25 heavy (non-hydrogen) atoms. The van der Waals surface area contributed by atoms with Crippen LogP contribution in [0.15, 0.2) is 41.3 Å². The number of hydrogen-bond acceptors (Lipinski definition) is 5. The Balaban J connectivity index is 1.84. The van der Waals surface area contributed by atoms with Crippen molar-refractivity contribution in [3.8, 4) is 5.75 Å². The van der Waals surface area contributed by atoms with E-state index >= 15 is 0 Å². The second-order valence-electron chi connectivity index (χ2n) is 5.06. The first-order chi connectivity index (χ1) is 11.8. The SMILES string of the molecule is O=C1COc2cc(C(=O)NS(=O)(=O)c3ccc(F)c(F)c3)ccc2N1. The predicted octanol–water partition coefficient (Wildman–Crippen LogP) is 1.41. The number of benzene rings is 2. The number of sulfonamides is 1. The number of ether oxygens (including phenoxy) is 1. The lowest BCUT2D eigenvalue weighted by Crippen LogP contribution is -2.31. The van der Waals surface area contributed by atoms with Gasteiger partial charge in [0, 0.05) is 5.56 Å². The highest BCUT2D eigenvalue weighted by Gasteiger charge is 2.22. The molecule has 1 aliphatic heterocycles. The van der Waals surface area contributed by atoms with Crippen LogP contribution < -0.4 is 14.8 Å². The fourth-order valence-electron chi connectivity index (χ4n) is 2.10. The zero-order valence-corrected chi connectivity index (χ0v) is 13.2. The summed E-state index contributed by atoms with van der Waals surface area (Å²) in [6.45, 7) is -0.231. The van der Waals surface area contributed by atoms with Gasteiger partial charge >= 0.3 is 0 Å². The summed E-state index contributed by atoms with van der Waals surface area (Å²) < 4.78 is 57.2. The highest BCUT2D eigenvalue weighted by molar-refractivity contribution is 7.90. The van der Waals surface area contributed by atoms with Crippen molar-refractivity contribution in [3.63, 3.8) is 0 Å². The molecular weight excluding hydrogens is 358 g/mol. The molecule has 2 amide bonds. The topological polar surface area (TPSA) is 102 Å². The van der Waals surface area contributed by atoms with Gasteiger partial charge < -0.3 is 10.1 Å². The molecule has 7 nitrogen and oxygen atoms in total. The number of hydrogen-bond donors (Lipinski definition) is 2. The Morgan fingerprint density at radius 1 is 1.12 bits per heavy atom. The molecule has 0 aliphatic carbocycles. The van der Waals surface area contributed by atoms with E-state index in [0.717, 1.165) is 6.07 Å². The van der Waals surface area contributed by atoms with E-state index in [-0.39, 0.29) is 23.8 Å². The van der Waals surface area contributed by atoms with E-state index in [9.17, 15) is 26.8 Å². The summed E-state index contributed by atoms with van der Waals surface area (Å²) >= 11 is 0. The third-order valence-electron chi connectivity index (χ3n) is 3.31. The average molecular weight is 368 g/mol. The number of fused-ring (bicyclic) bond motifs is 1. The number of nitrogens with one attached hydrogen (secondary N) is 2. The summed E-state index contributed by atoms with van der Waals surface area (Å²) in [5.74, 6) is -3.71. The van der Waals surface area contributed by atoms with Crippen molar-refractivity contribution in [3.05, 3.63) is 53.6 Å². The van der Waals surface area contributed by atoms with Gasteiger partial charge in [-0.3, -0.25) is 9.59 Å². The summed E-state index contributed by atoms with van der Waals surface area (Å²) in [5.41, 5.74) is 0.289. The van der Waals surface area contributed by atoms with Crippen LogP contribution in [0, 0.1) is 11.6 Å². The average Bonchev–Trinajstić information content (AvgIpc) is 2.56. The van der Waals surface area contributed by atoms with Crippen LogP contribution in [-0.4, -0.2) is 26.8 Å². The lowest BCUT2D eigenvalue weighted by atomic mass is 10.1. The maximum absolute atomic E-state index is 13.2. The minimum absolute atomic E-state index is 0.0546. The van der Waals surface area contributed by atoms with E-state index < -0.39 is 32.5 Å². The quantitative estimate of drug-likeness (QED) is 0.853. The van der Waals surface area contributed by atoms with Crippen molar-refractivity contribution in [2.75, 3.05) is 11.9 Å². The van der Waals surface area contributed by atoms with E-state index in [1.54, 1.807) is 4.72 Å². The molecule has 0 bridgehead atoms. The van der Waals surface area contributed by atoms with Gasteiger partial charge in [-0.2, -0.15) is 0 Å². The minimum Gasteiger partial charge on any atom is -0.482 e. The van der Waals surface area contributed by atoms with E-state index in [1.165, 1.54) is 18.2 Å². The number of carbonyl (C=O) groups is 2. The summed E-state index contributed by atoms with van der Waals surface area (Å²) in [6.07, 6.45) is 0. The molecule has 2 N–H and O–H groups in total. The largest absolute Gasteiger partial charge is 0.482 e. The number of anilines is 1. The lowest BCUT2D eigenvalue weighted by molar-refractivity contribution is -0.118. The highest BCUT2D eigenvalue weighted by atomic mass is 32.2. The van der Waals surface area contributed by atoms with Gasteiger partial charge in [-0.25, -0.2) is 21.9 Å². The van der Waals surface area contributed by atoms with Gasteiger partial charge in [0.1, 0.15) is 5.75 Å². The zero-order chi connectivity index (χ0) is 18.2. The second kappa shape index (κ2) is 6.13. The monoisotopic (exact) mass is 368 g/mol. The van der Waals surface area contributed by atoms with E-state index in [4.69, 9.17) is 4.74 Å². The molecule has 0 spiro atoms. The molecule has 2 aromatic carbocycles. The normalized spacial score (nSPS) is 13.4. The van der Waals surface area contributed by atoms with Crippen molar-refractivity contribution >= 4 is 27.5 Å². The van der Waals surface area contributed by atoms with Gasteiger partial charge in [-0.05, 0) is 36.4 Å². The Kier molecular flexibility index (Phi) is 4.13. The first-order valence-electron chi connectivity index (χ1n) is 6.85. The van der Waals surface area contributed by atoms with Crippen LogP contribution in [0.3, 0.4) is 0 Å². The lowest BCUT2D eigenvalue weighted by Gasteiger charge is -2.18. The molecule has 1 heterocycles. The molecule has 0 atom stereocenters.